The molecule has 4 atom stereocenters. The van der Waals surface area contributed by atoms with Gasteiger partial charge in [0.1, 0.15) is 0 Å². The summed E-state index contributed by atoms with van der Waals surface area (Å²) in [6.07, 6.45) is 12.0. The Labute approximate surface area is 524 Å². The fourth-order valence-corrected chi connectivity index (χ4v) is 19.9. The van der Waals surface area contributed by atoms with Crippen molar-refractivity contribution >= 4 is 40.2 Å². The summed E-state index contributed by atoms with van der Waals surface area (Å²) >= 11 is 0. The second kappa shape index (κ2) is 18.8. The lowest BCUT2D eigenvalue weighted by Gasteiger charge is -2.49. The molecule has 2 aliphatic heterocycles. The molecule has 0 N–H and O–H groups in total. The van der Waals surface area contributed by atoms with E-state index >= 15 is 0 Å². The minimum atomic E-state index is -0.177. The van der Waals surface area contributed by atoms with Crippen LogP contribution in [0.5, 0.6) is 0 Å². The average Bonchev–Trinajstić information content (AvgIpc) is 0.920. The van der Waals surface area contributed by atoms with Gasteiger partial charge in [-0.1, -0.05) is 237 Å². The van der Waals surface area contributed by atoms with Gasteiger partial charge in [0, 0.05) is 39.2 Å². The van der Waals surface area contributed by atoms with Crippen LogP contribution in [0, 0.1) is 19.3 Å². The van der Waals surface area contributed by atoms with Gasteiger partial charge in [-0.2, -0.15) is 0 Å². The molecule has 15 rings (SSSR count). The van der Waals surface area contributed by atoms with E-state index in [2.05, 4.69) is 262 Å². The maximum Gasteiger partial charge on any atom is 0.247 e. The Bertz CT molecular complexity index is 4220. The molecule has 0 radical (unpaired) electrons. The molecular formula is C85H96BN. The Morgan fingerprint density at radius 1 is 0.471 bits per heavy atom. The molecule has 0 amide bonds. The normalized spacial score (nSPS) is 23.9. The third-order valence-corrected chi connectivity index (χ3v) is 25.5. The fraction of sp³-hybridized carbons (Fsp3) is 0.435. The SMILES string of the molecule is Cc1cc2c3c(c1)N(c1ccc4c(c1)-c1ccccc1C4(C)C)c1cc(CCC4c5ccc(C(C)(C)C)cc5C5(C)CCCCC45C)ccc1B3c1cc3c(cc1C2CCc1cc2c(cc1C)C(C)(C)CCC2(C)C)C(C)(C)c1ccccc1C3(C)C. The van der Waals surface area contributed by atoms with Gasteiger partial charge < -0.3 is 4.90 Å². The van der Waals surface area contributed by atoms with Crippen molar-refractivity contribution < 1.29 is 0 Å². The number of nitrogens with zero attached hydrogens (tertiary/aromatic N) is 1. The first-order valence-corrected chi connectivity index (χ1v) is 34.0. The first kappa shape index (κ1) is 57.1. The monoisotopic (exact) mass is 1140 g/mol. The molecule has 8 aromatic rings. The van der Waals surface area contributed by atoms with Crippen LogP contribution in [0.25, 0.3) is 11.1 Å². The standard InChI is InChI=1S/C85H96BN/c1-51-42-62-57(33-30-54-46-70-69(44-52(54)2)79(6,7)40-41-80(70,8)9)61-49-71-72(83(14,15)67-27-21-20-26-66(67)82(71,12)13)50-74(61)86-73-37-29-53(28-35-65-59-34-31-55(78(3,4)5)47-68(59)85(17)39-23-22-38-84(65,85)16)45-75(73)87(76(43-51)77(62)86)56-32-36-64-60(48-56)58-24-18-19-25-63(58)81(64,10)11/h18-21,24-27,29,31-32,34,36-37,42-50,57,65H,22-23,28,30,33,35,38-41H2,1-17H3. The topological polar surface area (TPSA) is 3.24 Å². The van der Waals surface area contributed by atoms with Crippen LogP contribution in [0.3, 0.4) is 0 Å². The van der Waals surface area contributed by atoms with E-state index in [0.29, 0.717) is 5.92 Å². The Kier molecular flexibility index (Phi) is 12.4. The van der Waals surface area contributed by atoms with Crippen molar-refractivity contribution in [2.45, 2.75) is 232 Å². The van der Waals surface area contributed by atoms with Gasteiger partial charge in [0.15, 0.2) is 0 Å². The zero-order chi connectivity index (χ0) is 61.1. The van der Waals surface area contributed by atoms with E-state index in [4.69, 9.17) is 0 Å². The molecule has 444 valence electrons. The van der Waals surface area contributed by atoms with E-state index in [1.165, 1.54) is 150 Å². The van der Waals surface area contributed by atoms with E-state index in [9.17, 15) is 0 Å². The van der Waals surface area contributed by atoms with Crippen LogP contribution < -0.4 is 21.3 Å². The van der Waals surface area contributed by atoms with Gasteiger partial charge in [0.25, 0.3) is 0 Å². The van der Waals surface area contributed by atoms with Crippen LogP contribution >= 0.6 is 0 Å². The van der Waals surface area contributed by atoms with Crippen molar-refractivity contribution in [3.8, 4) is 11.1 Å². The molecule has 0 spiro atoms. The summed E-state index contributed by atoms with van der Waals surface area (Å²) in [6, 6.07) is 57.8. The van der Waals surface area contributed by atoms with E-state index in [1.54, 1.807) is 27.8 Å². The zero-order valence-corrected chi connectivity index (χ0v) is 56.0. The van der Waals surface area contributed by atoms with Gasteiger partial charge in [-0.3, -0.25) is 0 Å². The van der Waals surface area contributed by atoms with Gasteiger partial charge >= 0.3 is 0 Å². The van der Waals surface area contributed by atoms with E-state index < -0.39 is 0 Å². The van der Waals surface area contributed by atoms with Crippen LogP contribution in [-0.4, -0.2) is 6.71 Å². The minimum Gasteiger partial charge on any atom is -0.311 e. The summed E-state index contributed by atoms with van der Waals surface area (Å²) < 4.78 is 0. The quantitative estimate of drug-likeness (QED) is 0.144. The third-order valence-electron chi connectivity index (χ3n) is 25.5. The number of anilines is 3. The molecule has 4 unspecified atom stereocenters. The molecule has 1 fully saturated rings. The van der Waals surface area contributed by atoms with E-state index in [0.717, 1.165) is 25.7 Å². The van der Waals surface area contributed by atoms with Gasteiger partial charge in [-0.25, -0.2) is 0 Å². The summed E-state index contributed by atoms with van der Waals surface area (Å²) in [5.41, 5.74) is 37.2. The molecule has 1 nitrogen and oxygen atoms in total. The smallest absolute Gasteiger partial charge is 0.247 e. The van der Waals surface area contributed by atoms with Crippen molar-refractivity contribution in [1.82, 2.24) is 0 Å². The highest BCUT2D eigenvalue weighted by Crippen LogP contribution is 2.67. The number of hydrogen-bond donors (Lipinski definition) is 0. The number of hydrogen-bond acceptors (Lipinski definition) is 1. The molecule has 5 aliphatic carbocycles. The molecule has 1 saturated carbocycles. The predicted octanol–water partition coefficient (Wildman–Crippen LogP) is 20.2. The van der Waals surface area contributed by atoms with Gasteiger partial charge in [-0.05, 0) is 239 Å². The van der Waals surface area contributed by atoms with E-state index in [-0.39, 0.29) is 56.0 Å². The molecule has 2 heteroatoms. The molecular weight excluding hydrogens is 1050 g/mol. The lowest BCUT2D eigenvalue weighted by Crippen LogP contribution is -2.62. The van der Waals surface area contributed by atoms with Crippen molar-refractivity contribution in [2.75, 3.05) is 4.90 Å². The molecule has 87 heavy (non-hydrogen) atoms. The van der Waals surface area contributed by atoms with Crippen LogP contribution in [-0.2, 0) is 50.7 Å². The lowest BCUT2D eigenvalue weighted by molar-refractivity contribution is 0.0763. The van der Waals surface area contributed by atoms with Gasteiger partial charge in [0.05, 0.1) is 0 Å². The highest BCUT2D eigenvalue weighted by molar-refractivity contribution is 6.99. The zero-order valence-electron chi connectivity index (χ0n) is 56.0. The predicted molar refractivity (Wildman–Crippen MR) is 372 cm³/mol. The number of rotatable bonds is 7. The summed E-state index contributed by atoms with van der Waals surface area (Å²) in [6.45, 7) is 42.2. The highest BCUT2D eigenvalue weighted by atomic mass is 15.2. The third kappa shape index (κ3) is 8.08. The van der Waals surface area contributed by atoms with Crippen molar-refractivity contribution in [2.24, 2.45) is 5.41 Å². The highest BCUT2D eigenvalue weighted by Gasteiger charge is 2.58. The summed E-state index contributed by atoms with van der Waals surface area (Å²) in [5, 5.41) is 0. The van der Waals surface area contributed by atoms with Crippen molar-refractivity contribution in [3.63, 3.8) is 0 Å². The van der Waals surface area contributed by atoms with Crippen molar-refractivity contribution in [1.29, 1.82) is 0 Å². The van der Waals surface area contributed by atoms with Crippen LogP contribution in [0.4, 0.5) is 17.1 Å². The largest absolute Gasteiger partial charge is 0.311 e. The Hall–Kier alpha value is -6.38. The Morgan fingerprint density at radius 3 is 1.83 bits per heavy atom. The average molecular weight is 1140 g/mol. The lowest BCUT2D eigenvalue weighted by atomic mass is 9.30. The van der Waals surface area contributed by atoms with E-state index in [1.807, 2.05) is 0 Å². The van der Waals surface area contributed by atoms with Gasteiger partial charge in [-0.15, -0.1) is 0 Å². The van der Waals surface area contributed by atoms with Crippen LogP contribution in [0.15, 0.2) is 140 Å². The molecule has 0 saturated heterocycles. The Morgan fingerprint density at radius 2 is 1.11 bits per heavy atom. The second-order valence-electron chi connectivity index (χ2n) is 33.5. The summed E-state index contributed by atoms with van der Waals surface area (Å²) in [4.78, 5) is 2.76. The van der Waals surface area contributed by atoms with Crippen LogP contribution in [0.1, 0.15) is 262 Å². The van der Waals surface area contributed by atoms with Gasteiger partial charge in [0.2, 0.25) is 6.71 Å². The fourth-order valence-electron chi connectivity index (χ4n) is 19.9. The Balaban J connectivity index is 0.930. The molecule has 0 bridgehead atoms. The molecule has 0 aromatic heterocycles. The van der Waals surface area contributed by atoms with Crippen molar-refractivity contribution in [3.05, 3.63) is 234 Å². The first-order chi connectivity index (χ1) is 41.1. The maximum atomic E-state index is 2.77. The number of fused-ring (bicyclic) bond motifs is 13. The molecule has 8 aromatic carbocycles. The minimum absolute atomic E-state index is 0.0757. The molecule has 2 heterocycles. The number of benzene rings is 8. The van der Waals surface area contributed by atoms with Crippen LogP contribution in [0.2, 0.25) is 0 Å². The second-order valence-corrected chi connectivity index (χ2v) is 33.5. The number of aryl methyl sites for hydroxylation is 4. The molecule has 7 aliphatic rings. The summed E-state index contributed by atoms with van der Waals surface area (Å²) in [5.74, 6) is 0.724. The first-order valence-electron chi connectivity index (χ1n) is 34.0. The summed E-state index contributed by atoms with van der Waals surface area (Å²) in [7, 11) is 0. The maximum absolute atomic E-state index is 2.77.